The van der Waals surface area contributed by atoms with E-state index in [4.69, 9.17) is 4.42 Å². The second kappa shape index (κ2) is 6.13. The Morgan fingerprint density at radius 2 is 1.92 bits per heavy atom. The summed E-state index contributed by atoms with van der Waals surface area (Å²) in [6, 6.07) is 17.7. The summed E-state index contributed by atoms with van der Waals surface area (Å²) in [5.41, 5.74) is 4.99. The molecular weight excluding hydrogens is 312 g/mol. The Kier molecular flexibility index (Phi) is 3.80. The smallest absolute Gasteiger partial charge is 0.258 e. The number of rotatable bonds is 3. The molecule has 0 saturated carbocycles. The third kappa shape index (κ3) is 2.80. The van der Waals surface area contributed by atoms with Gasteiger partial charge in [-0.2, -0.15) is 0 Å². The Morgan fingerprint density at radius 1 is 1.08 bits per heavy atom. The quantitative estimate of drug-likeness (QED) is 0.758. The van der Waals surface area contributed by atoms with E-state index in [0.29, 0.717) is 12.1 Å². The summed E-state index contributed by atoms with van der Waals surface area (Å²) in [6.07, 6.45) is 1.41. The summed E-state index contributed by atoms with van der Waals surface area (Å²) < 4.78 is 5.49. The van der Waals surface area contributed by atoms with Gasteiger partial charge in [-0.1, -0.05) is 35.9 Å². The molecule has 126 valence electrons. The van der Waals surface area contributed by atoms with Crippen molar-refractivity contribution in [3.8, 4) is 0 Å². The molecule has 1 amide bonds. The summed E-state index contributed by atoms with van der Waals surface area (Å²) in [5, 5.41) is 3.54. The highest BCUT2D eigenvalue weighted by Gasteiger charge is 2.34. The first-order valence-corrected chi connectivity index (χ1v) is 8.39. The van der Waals surface area contributed by atoms with Crippen LogP contribution in [-0.2, 0) is 6.54 Å². The number of nitrogens with zero attached hydrogens (tertiary/aromatic N) is 1. The van der Waals surface area contributed by atoms with Crippen molar-refractivity contribution in [2.24, 2.45) is 0 Å². The van der Waals surface area contributed by atoms with Crippen molar-refractivity contribution in [3.63, 3.8) is 0 Å². The van der Waals surface area contributed by atoms with Crippen LogP contribution in [0.5, 0.6) is 0 Å². The Hall–Kier alpha value is -3.01. The van der Waals surface area contributed by atoms with Crippen molar-refractivity contribution in [2.75, 3.05) is 5.32 Å². The third-order valence-electron chi connectivity index (χ3n) is 4.66. The molecule has 4 rings (SSSR count). The molecule has 0 aliphatic carbocycles. The fraction of sp³-hybridized carbons (Fsp3) is 0.190. The van der Waals surface area contributed by atoms with Crippen LogP contribution in [-0.4, -0.2) is 10.8 Å². The van der Waals surface area contributed by atoms with E-state index in [-0.39, 0.29) is 12.1 Å². The van der Waals surface area contributed by atoms with Crippen molar-refractivity contribution in [2.45, 2.75) is 26.6 Å². The van der Waals surface area contributed by atoms with Gasteiger partial charge >= 0.3 is 0 Å². The van der Waals surface area contributed by atoms with E-state index in [1.807, 2.05) is 41.3 Å². The highest BCUT2D eigenvalue weighted by atomic mass is 16.3. The van der Waals surface area contributed by atoms with Crippen LogP contribution in [0.4, 0.5) is 5.69 Å². The molecule has 25 heavy (non-hydrogen) atoms. The fourth-order valence-electron chi connectivity index (χ4n) is 3.33. The van der Waals surface area contributed by atoms with E-state index in [1.54, 1.807) is 6.26 Å². The number of hydrogen-bond acceptors (Lipinski definition) is 3. The number of fused-ring (bicyclic) bond motifs is 1. The second-order valence-corrected chi connectivity index (χ2v) is 6.46. The Balaban J connectivity index is 1.81. The summed E-state index contributed by atoms with van der Waals surface area (Å²) in [6.45, 7) is 4.57. The van der Waals surface area contributed by atoms with Crippen LogP contribution in [0.3, 0.4) is 0 Å². The first-order chi connectivity index (χ1) is 12.1. The molecule has 0 unspecified atom stereocenters. The number of nitrogens with one attached hydrogen (secondary N) is 1. The van der Waals surface area contributed by atoms with Gasteiger partial charge < -0.3 is 14.6 Å². The normalized spacial score (nSPS) is 16.5. The molecule has 0 saturated heterocycles. The molecule has 1 atom stereocenters. The highest BCUT2D eigenvalue weighted by molar-refractivity contribution is 6.01. The first kappa shape index (κ1) is 15.5. The average Bonchev–Trinajstić information content (AvgIpc) is 3.13. The van der Waals surface area contributed by atoms with E-state index >= 15 is 0 Å². The predicted molar refractivity (Wildman–Crippen MR) is 97.3 cm³/mol. The van der Waals surface area contributed by atoms with Crippen molar-refractivity contribution in [3.05, 3.63) is 88.9 Å². The maximum Gasteiger partial charge on any atom is 0.258 e. The minimum absolute atomic E-state index is 0.0108. The molecule has 4 heteroatoms. The Bertz CT molecular complexity index is 915. The molecule has 0 spiro atoms. The Labute approximate surface area is 147 Å². The van der Waals surface area contributed by atoms with Gasteiger partial charge in [0.2, 0.25) is 0 Å². The minimum atomic E-state index is -0.229. The zero-order valence-corrected chi connectivity index (χ0v) is 14.3. The molecule has 2 heterocycles. The van der Waals surface area contributed by atoms with Gasteiger partial charge in [-0.3, -0.25) is 4.79 Å². The second-order valence-electron chi connectivity index (χ2n) is 6.46. The van der Waals surface area contributed by atoms with Gasteiger partial charge in [0, 0.05) is 5.69 Å². The van der Waals surface area contributed by atoms with Gasteiger partial charge in [0.15, 0.2) is 0 Å². The van der Waals surface area contributed by atoms with Gasteiger partial charge in [0.1, 0.15) is 11.9 Å². The minimum Gasteiger partial charge on any atom is -0.467 e. The molecule has 2 aromatic carbocycles. The third-order valence-corrected chi connectivity index (χ3v) is 4.66. The van der Waals surface area contributed by atoms with Gasteiger partial charge in [-0.25, -0.2) is 0 Å². The van der Waals surface area contributed by atoms with E-state index in [0.717, 1.165) is 22.6 Å². The van der Waals surface area contributed by atoms with Crippen LogP contribution in [0.2, 0.25) is 0 Å². The molecule has 1 aliphatic rings. The number of carbonyl (C=O) groups excluding carboxylic acids is 1. The van der Waals surface area contributed by atoms with E-state index in [1.165, 1.54) is 5.56 Å². The van der Waals surface area contributed by atoms with Gasteiger partial charge in [-0.15, -0.1) is 0 Å². The molecule has 0 radical (unpaired) electrons. The van der Waals surface area contributed by atoms with Crippen LogP contribution < -0.4 is 5.32 Å². The maximum absolute atomic E-state index is 13.2. The van der Waals surface area contributed by atoms with E-state index in [2.05, 4.69) is 37.4 Å². The number of amides is 1. The molecule has 4 nitrogen and oxygen atoms in total. The maximum atomic E-state index is 13.2. The van der Waals surface area contributed by atoms with E-state index < -0.39 is 0 Å². The lowest BCUT2D eigenvalue weighted by Crippen LogP contribution is -2.42. The summed E-state index contributed by atoms with van der Waals surface area (Å²) in [7, 11) is 0. The van der Waals surface area contributed by atoms with Crippen LogP contribution in [0.25, 0.3) is 0 Å². The van der Waals surface area contributed by atoms with Crippen molar-refractivity contribution in [1.29, 1.82) is 0 Å². The van der Waals surface area contributed by atoms with Gasteiger partial charge in [0.05, 0.1) is 18.4 Å². The number of anilines is 1. The van der Waals surface area contributed by atoms with Crippen LogP contribution in [0.15, 0.2) is 65.3 Å². The largest absolute Gasteiger partial charge is 0.467 e. The molecule has 1 aromatic heterocycles. The van der Waals surface area contributed by atoms with Crippen molar-refractivity contribution < 1.29 is 9.21 Å². The Morgan fingerprint density at radius 3 is 2.72 bits per heavy atom. The lowest BCUT2D eigenvalue weighted by molar-refractivity contribution is 0.0651. The summed E-state index contributed by atoms with van der Waals surface area (Å²) in [4.78, 5) is 15.0. The lowest BCUT2D eigenvalue weighted by atomic mass is 9.98. The van der Waals surface area contributed by atoms with Crippen molar-refractivity contribution in [1.82, 2.24) is 4.90 Å². The molecule has 0 fully saturated rings. The summed E-state index contributed by atoms with van der Waals surface area (Å²) >= 11 is 0. The predicted octanol–water partition coefficient (Wildman–Crippen LogP) is 4.66. The number of para-hydroxylation sites is 1. The number of carbonyl (C=O) groups is 1. The topological polar surface area (TPSA) is 45.5 Å². The molecule has 1 N–H and O–H groups in total. The molecule has 1 aliphatic heterocycles. The fourth-order valence-corrected chi connectivity index (χ4v) is 3.33. The standard InChI is InChI=1S/C21H20N2O2/c1-14-9-10-15(2)18(12-14)20-22-19-8-4-3-7-17(19)21(24)23(20)13-16-6-5-11-25-16/h3-12,20,22H,13H2,1-2H3/t20-/m0/s1. The SMILES string of the molecule is Cc1ccc(C)c([C@H]2Nc3ccccc3C(=O)N2Cc2ccco2)c1. The highest BCUT2D eigenvalue weighted by Crippen LogP contribution is 2.35. The van der Waals surface area contributed by atoms with E-state index in [9.17, 15) is 4.79 Å². The molecule has 0 bridgehead atoms. The van der Waals surface area contributed by atoms with Gasteiger partial charge in [-0.05, 0) is 49.2 Å². The first-order valence-electron chi connectivity index (χ1n) is 8.39. The molecular formula is C21H20N2O2. The number of furan rings is 1. The lowest BCUT2D eigenvalue weighted by Gasteiger charge is -2.38. The summed E-state index contributed by atoms with van der Waals surface area (Å²) in [5.74, 6) is 0.779. The zero-order chi connectivity index (χ0) is 17.4. The van der Waals surface area contributed by atoms with Crippen molar-refractivity contribution >= 4 is 11.6 Å². The molecule has 3 aromatic rings. The average molecular weight is 332 g/mol. The van der Waals surface area contributed by atoms with Crippen LogP contribution in [0, 0.1) is 13.8 Å². The number of aryl methyl sites for hydroxylation is 2. The number of hydrogen-bond donors (Lipinski definition) is 1. The monoisotopic (exact) mass is 332 g/mol. The number of benzene rings is 2. The van der Waals surface area contributed by atoms with Gasteiger partial charge in [0.25, 0.3) is 5.91 Å². The van der Waals surface area contributed by atoms with Crippen LogP contribution >= 0.6 is 0 Å². The van der Waals surface area contributed by atoms with Crippen LogP contribution in [0.1, 0.15) is 39.0 Å². The zero-order valence-electron chi connectivity index (χ0n) is 14.3.